The zero-order chi connectivity index (χ0) is 28.0. The lowest BCUT2D eigenvalue weighted by atomic mass is 10.0. The van der Waals surface area contributed by atoms with Crippen LogP contribution in [-0.2, 0) is 27.3 Å². The van der Waals surface area contributed by atoms with Crippen molar-refractivity contribution in [3.05, 3.63) is 65.7 Å². The Morgan fingerprint density at radius 3 is 2.41 bits per heavy atom. The molecule has 2 aromatic rings. The van der Waals surface area contributed by atoms with Crippen LogP contribution in [0.3, 0.4) is 0 Å². The van der Waals surface area contributed by atoms with Crippen LogP contribution in [0.15, 0.2) is 54.6 Å². The minimum atomic E-state index is -0.679. The van der Waals surface area contributed by atoms with Crippen molar-refractivity contribution in [3.63, 3.8) is 0 Å². The highest BCUT2D eigenvalue weighted by molar-refractivity contribution is 5.92. The van der Waals surface area contributed by atoms with Gasteiger partial charge >= 0.3 is 0 Å². The Kier molecular flexibility index (Phi) is 12.3. The summed E-state index contributed by atoms with van der Waals surface area (Å²) in [4.78, 5) is 43.7. The smallest absolute Gasteiger partial charge is 0.245 e. The second-order valence-corrected chi connectivity index (χ2v) is 10.5. The third-order valence-corrected chi connectivity index (χ3v) is 7.56. The van der Waals surface area contributed by atoms with E-state index in [1.807, 2.05) is 59.5 Å². The summed E-state index contributed by atoms with van der Waals surface area (Å²) in [6.07, 6.45) is 8.46. The number of amides is 3. The van der Waals surface area contributed by atoms with E-state index in [0.29, 0.717) is 32.4 Å². The summed E-state index contributed by atoms with van der Waals surface area (Å²) in [5.41, 5.74) is 2.00. The second-order valence-electron chi connectivity index (χ2n) is 10.5. The molecule has 7 heteroatoms. The van der Waals surface area contributed by atoms with E-state index in [2.05, 4.69) is 12.2 Å². The van der Waals surface area contributed by atoms with Crippen LogP contribution in [0.1, 0.15) is 75.8 Å². The molecule has 0 spiro atoms. The van der Waals surface area contributed by atoms with Gasteiger partial charge < -0.3 is 19.9 Å². The lowest BCUT2D eigenvalue weighted by molar-refractivity contribution is -0.141. The van der Waals surface area contributed by atoms with Crippen molar-refractivity contribution in [1.29, 1.82) is 0 Å². The zero-order valence-electron chi connectivity index (χ0n) is 23.9. The van der Waals surface area contributed by atoms with Crippen molar-refractivity contribution in [2.45, 2.75) is 89.8 Å². The Balaban J connectivity index is 1.69. The Bertz CT molecular complexity index is 1040. The predicted octanol–water partition coefficient (Wildman–Crippen LogP) is 5.12. The molecule has 212 valence electrons. The number of rotatable bonds is 14. The highest BCUT2D eigenvalue weighted by atomic mass is 16.5. The van der Waals surface area contributed by atoms with Crippen LogP contribution >= 0.6 is 0 Å². The van der Waals surface area contributed by atoms with Crippen LogP contribution in [0.2, 0.25) is 0 Å². The van der Waals surface area contributed by atoms with Crippen molar-refractivity contribution >= 4 is 17.7 Å². The number of nitrogens with one attached hydrogen (secondary N) is 1. The fourth-order valence-electron chi connectivity index (χ4n) is 5.09. The van der Waals surface area contributed by atoms with Gasteiger partial charge in [-0.1, -0.05) is 75.1 Å². The van der Waals surface area contributed by atoms with Gasteiger partial charge in [-0.2, -0.15) is 0 Å². The lowest BCUT2D eigenvalue weighted by Crippen LogP contribution is -2.54. The molecular weight excluding hydrogens is 490 g/mol. The molecule has 1 aliphatic rings. The van der Waals surface area contributed by atoms with E-state index in [9.17, 15) is 14.4 Å². The van der Waals surface area contributed by atoms with E-state index >= 15 is 0 Å². The maximum Gasteiger partial charge on any atom is 0.245 e. The molecule has 0 aromatic heterocycles. The molecule has 1 fully saturated rings. The van der Waals surface area contributed by atoms with E-state index in [4.69, 9.17) is 4.74 Å². The number of unbranched alkanes of at least 4 members (excludes halogenated alkanes) is 4. The van der Waals surface area contributed by atoms with Crippen LogP contribution in [0, 0.1) is 0 Å². The highest BCUT2D eigenvalue weighted by Crippen LogP contribution is 2.19. The summed E-state index contributed by atoms with van der Waals surface area (Å²) >= 11 is 0. The van der Waals surface area contributed by atoms with E-state index in [1.165, 1.54) is 6.42 Å². The lowest BCUT2D eigenvalue weighted by Gasteiger charge is -2.30. The first-order chi connectivity index (χ1) is 18.9. The van der Waals surface area contributed by atoms with Crippen molar-refractivity contribution < 1.29 is 19.1 Å². The van der Waals surface area contributed by atoms with Crippen molar-refractivity contribution in [2.75, 3.05) is 20.7 Å². The third kappa shape index (κ3) is 9.41. The summed E-state index contributed by atoms with van der Waals surface area (Å²) in [6.45, 7) is 3.31. The minimum absolute atomic E-state index is 0.0316. The number of likely N-dealkylation sites (tertiary alicyclic amines) is 1. The Labute approximate surface area is 233 Å². The van der Waals surface area contributed by atoms with Gasteiger partial charge in [0, 0.05) is 33.0 Å². The number of carbonyl (C=O) groups is 3. The molecule has 39 heavy (non-hydrogen) atoms. The second kappa shape index (κ2) is 15.9. The number of likely N-dealkylation sites (N-methyl/N-ethyl adjacent to an activating group) is 1. The quantitative estimate of drug-likeness (QED) is 0.341. The zero-order valence-corrected chi connectivity index (χ0v) is 23.9. The molecule has 2 atom stereocenters. The number of carbonyl (C=O) groups excluding carboxylic acids is 3. The van der Waals surface area contributed by atoms with Gasteiger partial charge in [-0.25, -0.2) is 0 Å². The van der Waals surface area contributed by atoms with Crippen molar-refractivity contribution in [2.24, 2.45) is 0 Å². The first-order valence-electron chi connectivity index (χ1n) is 14.4. The van der Waals surface area contributed by atoms with E-state index < -0.39 is 12.1 Å². The fraction of sp³-hybridized carbons (Fsp3) is 0.531. The van der Waals surface area contributed by atoms with Gasteiger partial charge in [-0.15, -0.1) is 0 Å². The molecule has 0 saturated carbocycles. The first-order valence-corrected chi connectivity index (χ1v) is 14.4. The Hall–Kier alpha value is -3.35. The molecule has 0 aliphatic carbocycles. The van der Waals surface area contributed by atoms with Crippen molar-refractivity contribution in [1.82, 2.24) is 15.1 Å². The molecule has 1 saturated heterocycles. The number of benzene rings is 2. The van der Waals surface area contributed by atoms with E-state index in [1.54, 1.807) is 19.1 Å². The van der Waals surface area contributed by atoms with Crippen LogP contribution in [-0.4, -0.2) is 60.3 Å². The van der Waals surface area contributed by atoms with Crippen molar-refractivity contribution in [3.8, 4) is 5.75 Å². The molecule has 1 N–H and O–H groups in total. The Morgan fingerprint density at radius 2 is 1.72 bits per heavy atom. The normalized spacial score (nSPS) is 16.3. The van der Waals surface area contributed by atoms with Gasteiger partial charge in [0.05, 0.1) is 7.11 Å². The minimum Gasteiger partial charge on any atom is -0.497 e. The third-order valence-electron chi connectivity index (χ3n) is 7.56. The average molecular weight is 536 g/mol. The molecule has 0 unspecified atom stereocenters. The summed E-state index contributed by atoms with van der Waals surface area (Å²) in [7, 11) is 3.34. The van der Waals surface area contributed by atoms with Gasteiger partial charge in [-0.3, -0.25) is 14.4 Å². The summed E-state index contributed by atoms with van der Waals surface area (Å²) in [6, 6.07) is 16.2. The number of methoxy groups -OCH3 is 1. The summed E-state index contributed by atoms with van der Waals surface area (Å²) in [5.74, 6) is 0.399. The van der Waals surface area contributed by atoms with Gasteiger partial charge in [-0.05, 0) is 48.9 Å². The number of ether oxygens (including phenoxy) is 1. The molecule has 3 amide bonds. The average Bonchev–Trinajstić information content (AvgIpc) is 3.12. The maximum absolute atomic E-state index is 13.7. The molecule has 3 rings (SSSR count). The molecule has 0 bridgehead atoms. The van der Waals surface area contributed by atoms with Gasteiger partial charge in [0.1, 0.15) is 17.8 Å². The molecule has 1 aliphatic heterocycles. The maximum atomic E-state index is 13.7. The number of hydrogen-bond donors (Lipinski definition) is 1. The topological polar surface area (TPSA) is 79.0 Å². The van der Waals surface area contributed by atoms with Gasteiger partial charge in [0.15, 0.2) is 0 Å². The predicted molar refractivity (Wildman–Crippen MR) is 154 cm³/mol. The van der Waals surface area contributed by atoms with Crippen LogP contribution < -0.4 is 10.1 Å². The summed E-state index contributed by atoms with van der Waals surface area (Å²) in [5, 5.41) is 3.04. The number of hydrogen-bond acceptors (Lipinski definition) is 4. The molecule has 7 nitrogen and oxygen atoms in total. The van der Waals surface area contributed by atoms with E-state index in [0.717, 1.165) is 55.4 Å². The monoisotopic (exact) mass is 535 g/mol. The molecule has 0 radical (unpaired) electrons. The largest absolute Gasteiger partial charge is 0.497 e. The SMILES string of the molecule is CCCCCCCC(=O)N(C)[C@@H](Cc1ccccc1)C(=O)N[C@H]1CCCCN(Cc2ccc(OC)cc2)C1=O. The van der Waals surface area contributed by atoms with Crippen LogP contribution in [0.5, 0.6) is 5.75 Å². The fourth-order valence-corrected chi connectivity index (χ4v) is 5.09. The molecule has 2 aromatic carbocycles. The van der Waals surface area contributed by atoms with E-state index in [-0.39, 0.29) is 17.7 Å². The number of nitrogens with zero attached hydrogens (tertiary/aromatic N) is 2. The first kappa shape index (κ1) is 30.2. The molecular formula is C32H45N3O4. The summed E-state index contributed by atoms with van der Waals surface area (Å²) < 4.78 is 5.24. The van der Waals surface area contributed by atoms with Crippen LogP contribution in [0.25, 0.3) is 0 Å². The Morgan fingerprint density at radius 1 is 1.00 bits per heavy atom. The standard InChI is InChI=1S/C32H45N3O4/c1-4-5-6-7-11-17-30(36)34(2)29(23-25-14-9-8-10-15-25)31(37)33-28-16-12-13-22-35(32(28)38)24-26-18-20-27(39-3)21-19-26/h8-10,14-15,18-21,28-29H,4-7,11-13,16-17,22-24H2,1-3H3,(H,33,37)/t28-,29-/m0/s1. The van der Waals surface area contributed by atoms with Gasteiger partial charge in [0.25, 0.3) is 0 Å². The molecule has 1 heterocycles. The van der Waals surface area contributed by atoms with Crippen LogP contribution in [0.4, 0.5) is 0 Å². The van der Waals surface area contributed by atoms with Gasteiger partial charge in [0.2, 0.25) is 17.7 Å². The highest BCUT2D eigenvalue weighted by Gasteiger charge is 2.33.